The van der Waals surface area contributed by atoms with Gasteiger partial charge in [0.2, 0.25) is 0 Å². The largest absolute Gasteiger partial charge is 0.394 e. The molecule has 6 heteroatoms. The van der Waals surface area contributed by atoms with Gasteiger partial charge in [0.1, 0.15) is 5.69 Å². The first kappa shape index (κ1) is 16.5. The van der Waals surface area contributed by atoms with E-state index in [0.29, 0.717) is 19.7 Å². The molecule has 1 amide bonds. The van der Waals surface area contributed by atoms with Crippen LogP contribution in [0.15, 0.2) is 16.7 Å². The third-order valence-electron chi connectivity index (χ3n) is 3.72. The fraction of sp³-hybridized carbons (Fsp3) is 0.667. The number of ether oxygens (including phenoxy) is 1. The fourth-order valence-electron chi connectivity index (χ4n) is 2.69. The summed E-state index contributed by atoms with van der Waals surface area (Å²) in [5.74, 6) is 0.0924. The second kappa shape index (κ2) is 7.96. The van der Waals surface area contributed by atoms with Gasteiger partial charge in [-0.3, -0.25) is 4.79 Å². The average molecular weight is 359 g/mol. The molecule has 1 aliphatic heterocycles. The van der Waals surface area contributed by atoms with Crippen molar-refractivity contribution in [3.63, 3.8) is 0 Å². The van der Waals surface area contributed by atoms with Crippen molar-refractivity contribution in [3.8, 4) is 0 Å². The second-order valence-corrected chi connectivity index (χ2v) is 6.24. The van der Waals surface area contributed by atoms with Crippen LogP contribution in [0.3, 0.4) is 0 Å². The molecule has 1 fully saturated rings. The van der Waals surface area contributed by atoms with Crippen molar-refractivity contribution in [2.45, 2.75) is 38.8 Å². The molecule has 1 aliphatic rings. The van der Waals surface area contributed by atoms with Gasteiger partial charge in [0.25, 0.3) is 5.91 Å². The van der Waals surface area contributed by atoms with E-state index in [-0.39, 0.29) is 18.6 Å². The molecule has 1 aromatic heterocycles. The minimum Gasteiger partial charge on any atom is -0.394 e. The normalized spacial score (nSPS) is 16.4. The van der Waals surface area contributed by atoms with Crippen LogP contribution >= 0.6 is 15.9 Å². The molecule has 0 aromatic carbocycles. The van der Waals surface area contributed by atoms with E-state index in [9.17, 15) is 4.79 Å². The van der Waals surface area contributed by atoms with Gasteiger partial charge in [-0.1, -0.05) is 6.92 Å². The lowest BCUT2D eigenvalue weighted by Gasteiger charge is -2.32. The molecule has 2 rings (SSSR count). The van der Waals surface area contributed by atoms with Gasteiger partial charge in [0, 0.05) is 30.3 Å². The van der Waals surface area contributed by atoms with Gasteiger partial charge in [-0.05, 0) is 41.3 Å². The molecule has 1 saturated heterocycles. The zero-order chi connectivity index (χ0) is 15.2. The maximum Gasteiger partial charge on any atom is 0.270 e. The molecule has 0 aliphatic carbocycles. The summed E-state index contributed by atoms with van der Waals surface area (Å²) in [6, 6.07) is 1.90. The van der Waals surface area contributed by atoms with Crippen LogP contribution < -0.4 is 0 Å². The summed E-state index contributed by atoms with van der Waals surface area (Å²) < 4.78 is 8.49. The van der Waals surface area contributed by atoms with Gasteiger partial charge in [0.15, 0.2) is 0 Å². The van der Waals surface area contributed by atoms with Crippen molar-refractivity contribution < 1.29 is 14.6 Å². The number of piperidine rings is 1. The first-order valence-electron chi connectivity index (χ1n) is 7.53. The molecule has 1 N–H and O–H groups in total. The Bertz CT molecular complexity index is 467. The molecule has 0 saturated carbocycles. The van der Waals surface area contributed by atoms with Gasteiger partial charge in [0.05, 0.1) is 19.3 Å². The van der Waals surface area contributed by atoms with Crippen LogP contribution in [0.25, 0.3) is 0 Å². The van der Waals surface area contributed by atoms with Crippen molar-refractivity contribution in [3.05, 3.63) is 22.4 Å². The number of carbonyl (C=O) groups excluding carboxylic acids is 1. The van der Waals surface area contributed by atoms with Gasteiger partial charge in [-0.15, -0.1) is 0 Å². The molecule has 118 valence electrons. The Morgan fingerprint density at radius 3 is 2.81 bits per heavy atom. The van der Waals surface area contributed by atoms with Gasteiger partial charge < -0.3 is 19.3 Å². The Hall–Kier alpha value is -0.850. The molecule has 21 heavy (non-hydrogen) atoms. The smallest absolute Gasteiger partial charge is 0.270 e. The van der Waals surface area contributed by atoms with Gasteiger partial charge in [-0.2, -0.15) is 0 Å². The van der Waals surface area contributed by atoms with Crippen molar-refractivity contribution in [1.29, 1.82) is 0 Å². The monoisotopic (exact) mass is 358 g/mol. The van der Waals surface area contributed by atoms with E-state index in [0.717, 1.165) is 36.0 Å². The number of aromatic nitrogens is 1. The predicted octanol–water partition coefficient (Wildman–Crippen LogP) is 2.27. The van der Waals surface area contributed by atoms with E-state index in [1.807, 2.05) is 21.7 Å². The highest BCUT2D eigenvalue weighted by atomic mass is 79.9. The highest BCUT2D eigenvalue weighted by Crippen LogP contribution is 2.20. The second-order valence-electron chi connectivity index (χ2n) is 5.32. The van der Waals surface area contributed by atoms with E-state index in [1.165, 1.54) is 0 Å². The number of hydrogen-bond acceptors (Lipinski definition) is 3. The van der Waals surface area contributed by atoms with Crippen LogP contribution in [0.5, 0.6) is 0 Å². The first-order valence-corrected chi connectivity index (χ1v) is 8.32. The maximum atomic E-state index is 12.6. The molecule has 0 radical (unpaired) electrons. The maximum absolute atomic E-state index is 12.6. The molecule has 1 aromatic rings. The lowest BCUT2D eigenvalue weighted by molar-refractivity contribution is -0.00573. The molecular weight excluding hydrogens is 336 g/mol. The van der Waals surface area contributed by atoms with Crippen LogP contribution in [-0.4, -0.2) is 52.9 Å². The summed E-state index contributed by atoms with van der Waals surface area (Å²) in [5, 5.41) is 8.77. The van der Waals surface area contributed by atoms with E-state index in [2.05, 4.69) is 22.9 Å². The number of likely N-dealkylation sites (tertiary alicyclic amines) is 1. The highest BCUT2D eigenvalue weighted by Gasteiger charge is 2.25. The molecule has 0 atom stereocenters. The van der Waals surface area contributed by atoms with Crippen molar-refractivity contribution in [2.24, 2.45) is 0 Å². The van der Waals surface area contributed by atoms with Crippen LogP contribution in [0.4, 0.5) is 0 Å². The SMILES string of the molecule is CCCn1cc(Br)cc1C(=O)N1CCC(OCCO)CC1. The Kier molecular flexibility index (Phi) is 6.26. The molecule has 5 nitrogen and oxygen atoms in total. The number of halogens is 1. The summed E-state index contributed by atoms with van der Waals surface area (Å²) in [7, 11) is 0. The van der Waals surface area contributed by atoms with Gasteiger partial charge >= 0.3 is 0 Å². The Labute approximate surface area is 134 Å². The highest BCUT2D eigenvalue weighted by molar-refractivity contribution is 9.10. The zero-order valence-electron chi connectivity index (χ0n) is 12.4. The van der Waals surface area contributed by atoms with Crippen LogP contribution in [0.2, 0.25) is 0 Å². The molecule has 2 heterocycles. The third-order valence-corrected chi connectivity index (χ3v) is 4.15. The predicted molar refractivity (Wildman–Crippen MR) is 84.4 cm³/mol. The Morgan fingerprint density at radius 2 is 2.19 bits per heavy atom. The Morgan fingerprint density at radius 1 is 1.48 bits per heavy atom. The molecule has 0 unspecified atom stereocenters. The van der Waals surface area contributed by atoms with Crippen molar-refractivity contribution in [1.82, 2.24) is 9.47 Å². The minimum absolute atomic E-state index is 0.0533. The number of rotatable bonds is 6. The van der Waals surface area contributed by atoms with Crippen LogP contribution in [-0.2, 0) is 11.3 Å². The Balaban J connectivity index is 1.95. The van der Waals surface area contributed by atoms with Gasteiger partial charge in [-0.25, -0.2) is 0 Å². The average Bonchev–Trinajstić information content (AvgIpc) is 2.86. The van der Waals surface area contributed by atoms with E-state index in [4.69, 9.17) is 9.84 Å². The fourth-order valence-corrected chi connectivity index (χ4v) is 3.15. The summed E-state index contributed by atoms with van der Waals surface area (Å²) in [6.45, 7) is 4.81. The number of amides is 1. The third kappa shape index (κ3) is 4.31. The first-order chi connectivity index (χ1) is 10.2. The van der Waals surface area contributed by atoms with Crippen molar-refractivity contribution in [2.75, 3.05) is 26.3 Å². The number of hydrogen-bond donors (Lipinski definition) is 1. The number of nitrogens with zero attached hydrogens (tertiary/aromatic N) is 2. The van der Waals surface area contributed by atoms with E-state index < -0.39 is 0 Å². The summed E-state index contributed by atoms with van der Waals surface area (Å²) in [6.07, 6.45) is 4.80. The summed E-state index contributed by atoms with van der Waals surface area (Å²) in [5.41, 5.74) is 0.749. The zero-order valence-corrected chi connectivity index (χ0v) is 14.0. The molecule has 0 bridgehead atoms. The number of aliphatic hydroxyl groups excluding tert-OH is 1. The number of aryl methyl sites for hydroxylation is 1. The number of aliphatic hydroxyl groups is 1. The number of carbonyl (C=O) groups is 1. The molecular formula is C15H23BrN2O3. The topological polar surface area (TPSA) is 54.7 Å². The molecule has 0 spiro atoms. The minimum atomic E-state index is 0.0533. The summed E-state index contributed by atoms with van der Waals surface area (Å²) >= 11 is 3.45. The van der Waals surface area contributed by atoms with Crippen LogP contribution in [0, 0.1) is 0 Å². The van der Waals surface area contributed by atoms with Crippen molar-refractivity contribution >= 4 is 21.8 Å². The van der Waals surface area contributed by atoms with E-state index in [1.54, 1.807) is 0 Å². The quantitative estimate of drug-likeness (QED) is 0.848. The standard InChI is InChI=1S/C15H23BrN2O3/c1-2-5-18-11-12(16)10-14(18)15(20)17-6-3-13(4-7-17)21-9-8-19/h10-11,13,19H,2-9H2,1H3. The summed E-state index contributed by atoms with van der Waals surface area (Å²) in [4.78, 5) is 14.5. The van der Waals surface area contributed by atoms with E-state index >= 15 is 0 Å². The lowest BCUT2D eigenvalue weighted by Crippen LogP contribution is -2.41. The van der Waals surface area contributed by atoms with Crippen LogP contribution in [0.1, 0.15) is 36.7 Å². The lowest BCUT2D eigenvalue weighted by atomic mass is 10.1.